The highest BCUT2D eigenvalue weighted by molar-refractivity contribution is 5.93. The van der Waals surface area contributed by atoms with Crippen LogP contribution in [0.15, 0.2) is 24.3 Å². The van der Waals surface area contributed by atoms with Gasteiger partial charge in [-0.15, -0.1) is 0 Å². The van der Waals surface area contributed by atoms with E-state index in [0.29, 0.717) is 18.0 Å². The predicted molar refractivity (Wildman–Crippen MR) is 77.4 cm³/mol. The number of primary amides is 1. The molecule has 0 aliphatic heterocycles. The fraction of sp³-hybridized carbons (Fsp3) is 0.429. The van der Waals surface area contributed by atoms with E-state index in [0.717, 1.165) is 12.1 Å². The van der Waals surface area contributed by atoms with E-state index in [1.807, 2.05) is 11.0 Å². The van der Waals surface area contributed by atoms with Crippen LogP contribution in [-0.4, -0.2) is 29.8 Å². The van der Waals surface area contributed by atoms with E-state index in [1.165, 1.54) is 0 Å². The van der Waals surface area contributed by atoms with Gasteiger partial charge in [0, 0.05) is 18.7 Å². The van der Waals surface area contributed by atoms with Crippen LogP contribution >= 0.6 is 0 Å². The lowest BCUT2D eigenvalue weighted by atomic mass is 10.1. The molecule has 6 nitrogen and oxygen atoms in total. The summed E-state index contributed by atoms with van der Waals surface area (Å²) in [4.78, 5) is 24.6. The molecule has 2 amide bonds. The highest BCUT2D eigenvalue weighted by atomic mass is 16.2. The van der Waals surface area contributed by atoms with E-state index in [9.17, 15) is 9.59 Å². The minimum Gasteiger partial charge on any atom is -0.369 e. The quantitative estimate of drug-likeness (QED) is 0.377. The zero-order valence-electron chi connectivity index (χ0n) is 11.9. The van der Waals surface area contributed by atoms with E-state index in [4.69, 9.17) is 11.6 Å². The monoisotopic (exact) mass is 278 g/mol. The Hall–Kier alpha value is -1.92. The summed E-state index contributed by atoms with van der Waals surface area (Å²) in [5.74, 6) is 4.84. The number of nitrogens with two attached hydrogens (primary N) is 2. The molecule has 1 aromatic rings. The highest BCUT2D eigenvalue weighted by Gasteiger charge is 2.12. The number of nitrogens with zero attached hydrogens (tertiary/aromatic N) is 1. The number of amides is 2. The summed E-state index contributed by atoms with van der Waals surface area (Å²) in [6.07, 6.45) is 0. The Labute approximate surface area is 119 Å². The fourth-order valence-corrected chi connectivity index (χ4v) is 2.07. The van der Waals surface area contributed by atoms with Gasteiger partial charge in [0.05, 0.1) is 6.54 Å². The van der Waals surface area contributed by atoms with Crippen molar-refractivity contribution in [3.05, 3.63) is 35.4 Å². The zero-order valence-corrected chi connectivity index (χ0v) is 11.9. The molecule has 0 aliphatic carbocycles. The van der Waals surface area contributed by atoms with Crippen LogP contribution in [0.2, 0.25) is 0 Å². The second-order valence-corrected chi connectivity index (χ2v) is 5.20. The largest absolute Gasteiger partial charge is 0.369 e. The molecule has 0 saturated heterocycles. The van der Waals surface area contributed by atoms with Crippen LogP contribution in [-0.2, 0) is 11.3 Å². The van der Waals surface area contributed by atoms with Crippen molar-refractivity contribution < 1.29 is 9.59 Å². The Morgan fingerprint density at radius 3 is 2.60 bits per heavy atom. The van der Waals surface area contributed by atoms with Crippen molar-refractivity contribution in [2.45, 2.75) is 20.4 Å². The number of hydrogen-bond acceptors (Lipinski definition) is 4. The van der Waals surface area contributed by atoms with Gasteiger partial charge in [-0.2, -0.15) is 0 Å². The molecule has 1 aromatic carbocycles. The number of benzene rings is 1. The van der Waals surface area contributed by atoms with Crippen molar-refractivity contribution in [3.63, 3.8) is 0 Å². The summed E-state index contributed by atoms with van der Waals surface area (Å²) in [6.45, 7) is 5.67. The summed E-state index contributed by atoms with van der Waals surface area (Å²) in [7, 11) is 0. The molecule has 20 heavy (non-hydrogen) atoms. The summed E-state index contributed by atoms with van der Waals surface area (Å²) < 4.78 is 0. The molecular weight excluding hydrogens is 256 g/mol. The first-order chi connectivity index (χ1) is 9.42. The van der Waals surface area contributed by atoms with E-state index in [-0.39, 0.29) is 18.4 Å². The molecule has 0 spiro atoms. The van der Waals surface area contributed by atoms with Gasteiger partial charge in [-0.25, -0.2) is 5.84 Å². The van der Waals surface area contributed by atoms with E-state index < -0.39 is 0 Å². The van der Waals surface area contributed by atoms with Gasteiger partial charge in [0.1, 0.15) is 0 Å². The number of hydrogen-bond donors (Lipinski definition) is 3. The van der Waals surface area contributed by atoms with Gasteiger partial charge in [-0.3, -0.25) is 19.9 Å². The molecule has 110 valence electrons. The second-order valence-electron chi connectivity index (χ2n) is 5.20. The third-order valence-corrected chi connectivity index (χ3v) is 2.73. The molecule has 0 aromatic heterocycles. The Kier molecular flexibility index (Phi) is 6.14. The molecule has 0 fully saturated rings. The van der Waals surface area contributed by atoms with Crippen molar-refractivity contribution >= 4 is 11.8 Å². The van der Waals surface area contributed by atoms with Gasteiger partial charge in [-0.1, -0.05) is 26.0 Å². The SMILES string of the molecule is CC(C)CN(CC(N)=O)Cc1cccc(C(=O)NN)c1. The minimum absolute atomic E-state index is 0.200. The lowest BCUT2D eigenvalue weighted by Gasteiger charge is -2.23. The standard InChI is InChI=1S/C14H22N4O2/c1-10(2)7-18(9-13(15)19)8-11-4-3-5-12(6-11)14(20)17-16/h3-6,10H,7-9,16H2,1-2H3,(H2,15,19)(H,17,20). The third-order valence-electron chi connectivity index (χ3n) is 2.73. The number of hydrazine groups is 1. The fourth-order valence-electron chi connectivity index (χ4n) is 2.07. The van der Waals surface area contributed by atoms with Crippen molar-refractivity contribution in [1.82, 2.24) is 10.3 Å². The van der Waals surface area contributed by atoms with Crippen molar-refractivity contribution in [2.75, 3.05) is 13.1 Å². The average molecular weight is 278 g/mol. The second kappa shape index (κ2) is 7.62. The topological polar surface area (TPSA) is 101 Å². The maximum atomic E-state index is 11.5. The maximum Gasteiger partial charge on any atom is 0.265 e. The number of rotatable bonds is 7. The van der Waals surface area contributed by atoms with Crippen LogP contribution in [0.3, 0.4) is 0 Å². The molecule has 0 atom stereocenters. The molecule has 6 heteroatoms. The van der Waals surface area contributed by atoms with E-state index in [2.05, 4.69) is 19.3 Å². The minimum atomic E-state index is -0.360. The molecule has 0 radical (unpaired) electrons. The Balaban J connectivity index is 2.81. The lowest BCUT2D eigenvalue weighted by molar-refractivity contribution is -0.119. The van der Waals surface area contributed by atoms with Crippen molar-refractivity contribution in [1.29, 1.82) is 0 Å². The van der Waals surface area contributed by atoms with Gasteiger partial charge in [0.2, 0.25) is 5.91 Å². The molecule has 0 heterocycles. The summed E-state index contributed by atoms with van der Waals surface area (Å²) in [5.41, 5.74) is 8.79. The molecule has 0 unspecified atom stereocenters. The molecule has 0 saturated carbocycles. The van der Waals surface area contributed by atoms with Crippen LogP contribution < -0.4 is 17.0 Å². The zero-order chi connectivity index (χ0) is 15.1. The van der Waals surface area contributed by atoms with Crippen LogP contribution in [0.4, 0.5) is 0 Å². The molecule has 5 N–H and O–H groups in total. The lowest BCUT2D eigenvalue weighted by Crippen LogP contribution is -2.36. The molecule has 0 aliphatic rings. The Bertz CT molecular complexity index is 474. The Morgan fingerprint density at radius 2 is 2.05 bits per heavy atom. The smallest absolute Gasteiger partial charge is 0.265 e. The van der Waals surface area contributed by atoms with Gasteiger partial charge >= 0.3 is 0 Å². The normalized spacial score (nSPS) is 10.8. The van der Waals surface area contributed by atoms with Gasteiger partial charge in [0.25, 0.3) is 5.91 Å². The summed E-state index contributed by atoms with van der Waals surface area (Å²) >= 11 is 0. The summed E-state index contributed by atoms with van der Waals surface area (Å²) in [5, 5.41) is 0. The van der Waals surface area contributed by atoms with Crippen molar-refractivity contribution in [2.24, 2.45) is 17.5 Å². The molecule has 0 bridgehead atoms. The highest BCUT2D eigenvalue weighted by Crippen LogP contribution is 2.10. The molecular formula is C14H22N4O2. The van der Waals surface area contributed by atoms with Gasteiger partial charge < -0.3 is 5.73 Å². The van der Waals surface area contributed by atoms with Gasteiger partial charge in [-0.05, 0) is 23.6 Å². The van der Waals surface area contributed by atoms with Crippen LogP contribution in [0.5, 0.6) is 0 Å². The number of carbonyl (C=O) groups is 2. The number of nitrogens with one attached hydrogen (secondary N) is 1. The van der Waals surface area contributed by atoms with E-state index >= 15 is 0 Å². The number of carbonyl (C=O) groups excluding carboxylic acids is 2. The first-order valence-corrected chi connectivity index (χ1v) is 6.53. The van der Waals surface area contributed by atoms with E-state index in [1.54, 1.807) is 18.2 Å². The molecule has 1 rings (SSSR count). The summed E-state index contributed by atoms with van der Waals surface area (Å²) in [6, 6.07) is 7.14. The Morgan fingerprint density at radius 1 is 1.35 bits per heavy atom. The first kappa shape index (κ1) is 16.1. The van der Waals surface area contributed by atoms with Crippen LogP contribution in [0, 0.1) is 5.92 Å². The third kappa shape index (κ3) is 5.38. The van der Waals surface area contributed by atoms with Gasteiger partial charge in [0.15, 0.2) is 0 Å². The average Bonchev–Trinajstić information content (AvgIpc) is 2.36. The van der Waals surface area contributed by atoms with Crippen LogP contribution in [0.1, 0.15) is 29.8 Å². The maximum absolute atomic E-state index is 11.5. The van der Waals surface area contributed by atoms with Crippen molar-refractivity contribution in [3.8, 4) is 0 Å². The first-order valence-electron chi connectivity index (χ1n) is 6.53. The van der Waals surface area contributed by atoms with Crippen LogP contribution in [0.25, 0.3) is 0 Å². The predicted octanol–water partition coefficient (Wildman–Crippen LogP) is 0.233. The number of nitrogen functional groups attached to an aromatic ring is 1.